The molecule has 0 spiro atoms. The molecule has 0 fully saturated rings. The van der Waals surface area contributed by atoms with E-state index in [0.29, 0.717) is 33.0 Å². The van der Waals surface area contributed by atoms with E-state index in [-0.39, 0.29) is 10.6 Å². The number of imidazole rings is 1. The van der Waals surface area contributed by atoms with E-state index in [9.17, 15) is 21.6 Å². The average Bonchev–Trinajstić information content (AvgIpc) is 3.53. The third-order valence-corrected chi connectivity index (χ3v) is 7.75. The van der Waals surface area contributed by atoms with Crippen LogP contribution in [-0.2, 0) is 28.8 Å². The van der Waals surface area contributed by atoms with Gasteiger partial charge in [-0.05, 0) is 54.0 Å². The number of aromatic nitrogens is 6. The van der Waals surface area contributed by atoms with E-state index < -0.39 is 21.6 Å². The molecule has 0 aliphatic carbocycles. The van der Waals surface area contributed by atoms with Crippen LogP contribution in [0.2, 0.25) is 0 Å². The molecule has 34 heavy (non-hydrogen) atoms. The van der Waals surface area contributed by atoms with Crippen LogP contribution < -0.4 is 0 Å². The summed E-state index contributed by atoms with van der Waals surface area (Å²) in [5, 5.41) is 4.45. The van der Waals surface area contributed by atoms with Crippen molar-refractivity contribution in [3.8, 4) is 16.9 Å². The molecular formula is C21H15F3N6O2S2. The maximum Gasteiger partial charge on any atom is 0.416 e. The summed E-state index contributed by atoms with van der Waals surface area (Å²) in [4.78, 5) is 8.30. The Morgan fingerprint density at radius 2 is 1.88 bits per heavy atom. The van der Waals surface area contributed by atoms with Gasteiger partial charge in [-0.1, -0.05) is 0 Å². The lowest BCUT2D eigenvalue weighted by molar-refractivity contribution is -0.137. The summed E-state index contributed by atoms with van der Waals surface area (Å²) < 4.78 is 72.8. The van der Waals surface area contributed by atoms with E-state index in [1.165, 1.54) is 41.7 Å². The maximum atomic E-state index is 13.4. The summed E-state index contributed by atoms with van der Waals surface area (Å²) in [7, 11) is -2.04. The fourth-order valence-corrected chi connectivity index (χ4v) is 5.77. The van der Waals surface area contributed by atoms with Crippen LogP contribution in [0.25, 0.3) is 28.0 Å². The van der Waals surface area contributed by atoms with Gasteiger partial charge in [0.15, 0.2) is 9.84 Å². The zero-order chi connectivity index (χ0) is 24.1. The molecule has 2 aromatic carbocycles. The molecule has 0 aliphatic heterocycles. The van der Waals surface area contributed by atoms with Crippen LogP contribution in [0.15, 0.2) is 66.2 Å². The molecule has 8 nitrogen and oxygen atoms in total. The topological polar surface area (TPSA) is 95.6 Å². The first-order chi connectivity index (χ1) is 16.1. The summed E-state index contributed by atoms with van der Waals surface area (Å²) in [6.45, 7) is 0. The van der Waals surface area contributed by atoms with Gasteiger partial charge in [-0.3, -0.25) is 9.25 Å². The molecule has 0 atom stereocenters. The third kappa shape index (κ3) is 3.96. The quantitative estimate of drug-likeness (QED) is 0.355. The van der Waals surface area contributed by atoms with Crippen LogP contribution in [-0.4, -0.2) is 37.1 Å². The van der Waals surface area contributed by atoms with E-state index in [0.717, 1.165) is 23.7 Å². The van der Waals surface area contributed by atoms with Gasteiger partial charge in [0.05, 0.1) is 32.9 Å². The van der Waals surface area contributed by atoms with E-state index in [2.05, 4.69) is 19.4 Å². The molecule has 13 heteroatoms. The number of alkyl halides is 3. The Hall–Kier alpha value is -3.58. The molecule has 0 radical (unpaired) electrons. The SMILES string of the molecule is Cn1nccc1-c1cc(C(F)(F)F)ccc1-n1cnc2cc(S(=O)(=O)Cc3ncns3)ccc21. The van der Waals surface area contributed by atoms with Crippen molar-refractivity contribution in [3.63, 3.8) is 0 Å². The maximum absolute atomic E-state index is 13.4. The first-order valence-electron chi connectivity index (χ1n) is 9.79. The lowest BCUT2D eigenvalue weighted by atomic mass is 10.0. The Labute approximate surface area is 195 Å². The minimum absolute atomic E-state index is 0.0692. The molecule has 0 aliphatic rings. The lowest BCUT2D eigenvalue weighted by Crippen LogP contribution is -2.07. The molecule has 0 bridgehead atoms. The van der Waals surface area contributed by atoms with Gasteiger partial charge in [-0.15, -0.1) is 0 Å². The predicted octanol–water partition coefficient (Wildman–Crippen LogP) is 4.27. The number of hydrogen-bond donors (Lipinski definition) is 0. The summed E-state index contributed by atoms with van der Waals surface area (Å²) >= 11 is 1.01. The van der Waals surface area contributed by atoms with Gasteiger partial charge in [0.25, 0.3) is 0 Å². The number of aryl methyl sites for hydroxylation is 1. The number of rotatable bonds is 5. The molecule has 3 heterocycles. The first-order valence-corrected chi connectivity index (χ1v) is 12.2. The normalized spacial score (nSPS) is 12.5. The second kappa shape index (κ2) is 8.02. The van der Waals surface area contributed by atoms with Crippen LogP contribution in [0.1, 0.15) is 10.6 Å². The van der Waals surface area contributed by atoms with Crippen molar-refractivity contribution < 1.29 is 21.6 Å². The zero-order valence-electron chi connectivity index (χ0n) is 17.4. The zero-order valence-corrected chi connectivity index (χ0v) is 19.1. The van der Waals surface area contributed by atoms with Crippen LogP contribution >= 0.6 is 11.5 Å². The number of halogens is 3. The van der Waals surface area contributed by atoms with E-state index >= 15 is 0 Å². The number of benzene rings is 2. The molecule has 0 N–H and O–H groups in total. The van der Waals surface area contributed by atoms with Gasteiger partial charge >= 0.3 is 6.18 Å². The molecule has 5 aromatic rings. The van der Waals surface area contributed by atoms with Gasteiger partial charge in [0.2, 0.25) is 0 Å². The summed E-state index contributed by atoms with van der Waals surface area (Å²) in [6.07, 6.45) is -0.266. The fourth-order valence-electron chi connectivity index (χ4n) is 3.65. The van der Waals surface area contributed by atoms with Crippen LogP contribution in [0, 0.1) is 0 Å². The van der Waals surface area contributed by atoms with Crippen molar-refractivity contribution in [1.29, 1.82) is 0 Å². The second-order valence-corrected chi connectivity index (χ2v) is 10.3. The monoisotopic (exact) mass is 504 g/mol. The van der Waals surface area contributed by atoms with E-state index in [1.54, 1.807) is 23.7 Å². The van der Waals surface area contributed by atoms with Gasteiger partial charge in [-0.2, -0.15) is 22.6 Å². The first kappa shape index (κ1) is 22.2. The van der Waals surface area contributed by atoms with E-state index in [4.69, 9.17) is 0 Å². The Bertz CT molecular complexity index is 1610. The third-order valence-electron chi connectivity index (χ3n) is 5.28. The Morgan fingerprint density at radius 1 is 1.06 bits per heavy atom. The second-order valence-electron chi connectivity index (χ2n) is 7.43. The van der Waals surface area contributed by atoms with Crippen molar-refractivity contribution in [3.05, 3.63) is 71.9 Å². The summed E-state index contributed by atoms with van der Waals surface area (Å²) in [6, 6.07) is 9.53. The molecule has 0 saturated carbocycles. The van der Waals surface area contributed by atoms with Crippen molar-refractivity contribution in [2.75, 3.05) is 0 Å². The van der Waals surface area contributed by atoms with Crippen molar-refractivity contribution >= 4 is 32.4 Å². The minimum Gasteiger partial charge on any atom is -0.298 e. The summed E-state index contributed by atoms with van der Waals surface area (Å²) in [5.41, 5.74) is 1.37. The molecule has 0 amide bonds. The number of nitrogens with zero attached hydrogens (tertiary/aromatic N) is 6. The highest BCUT2D eigenvalue weighted by Crippen LogP contribution is 2.36. The molecule has 0 unspecified atom stereocenters. The van der Waals surface area contributed by atoms with Crippen LogP contribution in [0.3, 0.4) is 0 Å². The highest BCUT2D eigenvalue weighted by atomic mass is 32.2. The van der Waals surface area contributed by atoms with Gasteiger partial charge in [0.1, 0.15) is 23.4 Å². The van der Waals surface area contributed by atoms with Crippen LogP contribution in [0.4, 0.5) is 13.2 Å². The highest BCUT2D eigenvalue weighted by molar-refractivity contribution is 7.90. The molecule has 0 saturated heterocycles. The molecule has 5 rings (SSSR count). The lowest BCUT2D eigenvalue weighted by Gasteiger charge is -2.15. The Morgan fingerprint density at radius 3 is 2.56 bits per heavy atom. The van der Waals surface area contributed by atoms with Gasteiger partial charge in [-0.25, -0.2) is 18.4 Å². The van der Waals surface area contributed by atoms with Crippen molar-refractivity contribution in [2.45, 2.75) is 16.8 Å². The standard InChI is InChI=1S/C21H15F3N6O2S2/c1-29-17(6-7-27-29)15-8-13(21(22,23)24)2-4-18(15)30-12-26-16-9-14(3-5-19(16)30)34(31,32)10-20-25-11-28-33-20/h2-9,11-12H,10H2,1H3. The van der Waals surface area contributed by atoms with Crippen molar-refractivity contribution in [2.24, 2.45) is 7.05 Å². The average molecular weight is 505 g/mol. The molecule has 3 aromatic heterocycles. The van der Waals surface area contributed by atoms with Gasteiger partial charge < -0.3 is 0 Å². The van der Waals surface area contributed by atoms with Crippen LogP contribution in [0.5, 0.6) is 0 Å². The minimum atomic E-state index is -4.51. The van der Waals surface area contributed by atoms with E-state index in [1.807, 2.05) is 0 Å². The number of sulfone groups is 1. The Balaban J connectivity index is 1.62. The highest BCUT2D eigenvalue weighted by Gasteiger charge is 2.32. The predicted molar refractivity (Wildman–Crippen MR) is 119 cm³/mol. The molecule has 174 valence electrons. The molecular weight excluding hydrogens is 489 g/mol. The Kier molecular flexibility index (Phi) is 5.24. The number of fused-ring (bicyclic) bond motifs is 1. The van der Waals surface area contributed by atoms with Gasteiger partial charge in [0, 0.05) is 18.8 Å². The number of hydrogen-bond acceptors (Lipinski definition) is 7. The smallest absolute Gasteiger partial charge is 0.298 e. The van der Waals surface area contributed by atoms with Crippen molar-refractivity contribution in [1.82, 2.24) is 28.7 Å². The largest absolute Gasteiger partial charge is 0.416 e. The fraction of sp³-hybridized carbons (Fsp3) is 0.143. The summed E-state index contributed by atoms with van der Waals surface area (Å²) in [5.74, 6) is -0.284.